The molecule has 0 heterocycles. The Kier molecular flexibility index (Phi) is 3.90. The van der Waals surface area contributed by atoms with Gasteiger partial charge in [-0.3, -0.25) is 4.79 Å². The number of Topliss-reactive ketones (excluding diaryl/α,β-unsaturated/α-hetero) is 1. The van der Waals surface area contributed by atoms with Crippen molar-refractivity contribution in [3.8, 4) is 11.5 Å². The second-order valence-corrected chi connectivity index (χ2v) is 3.63. The van der Waals surface area contributed by atoms with Crippen molar-refractivity contribution in [2.24, 2.45) is 5.73 Å². The molecule has 0 saturated carbocycles. The molecule has 0 aromatic heterocycles. The third kappa shape index (κ3) is 2.17. The minimum atomic E-state index is -0.517. The first-order chi connectivity index (χ1) is 7.52. The van der Waals surface area contributed by atoms with Gasteiger partial charge in [0.1, 0.15) is 0 Å². The number of hydrogen-bond acceptors (Lipinski definition) is 4. The van der Waals surface area contributed by atoms with Crippen LogP contribution in [0, 0.1) is 6.92 Å². The van der Waals surface area contributed by atoms with Crippen molar-refractivity contribution in [2.75, 3.05) is 14.2 Å². The molecule has 2 N–H and O–H groups in total. The molecule has 88 valence electrons. The van der Waals surface area contributed by atoms with E-state index in [1.54, 1.807) is 33.3 Å². The van der Waals surface area contributed by atoms with Crippen molar-refractivity contribution in [2.45, 2.75) is 19.9 Å². The zero-order chi connectivity index (χ0) is 12.3. The predicted octanol–water partition coefficient (Wildman–Crippen LogP) is 1.54. The molecule has 0 amide bonds. The van der Waals surface area contributed by atoms with Gasteiger partial charge in [0.2, 0.25) is 0 Å². The van der Waals surface area contributed by atoms with Crippen LogP contribution in [0.15, 0.2) is 12.1 Å². The number of methoxy groups -OCH3 is 2. The number of benzene rings is 1. The van der Waals surface area contributed by atoms with Gasteiger partial charge in [-0.05, 0) is 26.0 Å². The molecule has 1 aromatic rings. The van der Waals surface area contributed by atoms with E-state index in [9.17, 15) is 4.79 Å². The molecule has 0 saturated heterocycles. The summed E-state index contributed by atoms with van der Waals surface area (Å²) in [5.74, 6) is 1.09. The Balaban J connectivity index is 3.29. The van der Waals surface area contributed by atoms with Crippen LogP contribution >= 0.6 is 0 Å². The fraction of sp³-hybridized carbons (Fsp3) is 0.417. The molecule has 1 aromatic carbocycles. The van der Waals surface area contributed by atoms with Crippen LogP contribution in [0.5, 0.6) is 11.5 Å². The molecule has 16 heavy (non-hydrogen) atoms. The van der Waals surface area contributed by atoms with E-state index in [4.69, 9.17) is 15.2 Å². The number of nitrogens with two attached hydrogens (primary N) is 1. The summed E-state index contributed by atoms with van der Waals surface area (Å²) in [6.07, 6.45) is 0. The third-order valence-corrected chi connectivity index (χ3v) is 2.47. The quantitative estimate of drug-likeness (QED) is 0.786. The monoisotopic (exact) mass is 223 g/mol. The van der Waals surface area contributed by atoms with Crippen LogP contribution in [0.2, 0.25) is 0 Å². The molecule has 4 heteroatoms. The number of ether oxygens (including phenoxy) is 2. The van der Waals surface area contributed by atoms with E-state index in [0.29, 0.717) is 17.1 Å². The molecule has 1 atom stereocenters. The highest BCUT2D eigenvalue weighted by Gasteiger charge is 2.18. The first kappa shape index (κ1) is 12.5. The van der Waals surface area contributed by atoms with Gasteiger partial charge in [0.25, 0.3) is 0 Å². The van der Waals surface area contributed by atoms with E-state index >= 15 is 0 Å². The molecular formula is C12H17NO3. The highest BCUT2D eigenvalue weighted by Crippen LogP contribution is 2.33. The van der Waals surface area contributed by atoms with Crippen molar-refractivity contribution in [3.63, 3.8) is 0 Å². The van der Waals surface area contributed by atoms with Gasteiger partial charge in [0.15, 0.2) is 17.3 Å². The smallest absolute Gasteiger partial charge is 0.179 e. The number of ketones is 1. The lowest BCUT2D eigenvalue weighted by Crippen LogP contribution is -2.27. The van der Waals surface area contributed by atoms with Crippen molar-refractivity contribution < 1.29 is 14.3 Å². The molecule has 1 rings (SSSR count). The normalized spacial score (nSPS) is 12.1. The lowest BCUT2D eigenvalue weighted by molar-refractivity contribution is 0.0967. The van der Waals surface area contributed by atoms with Crippen LogP contribution in [0.1, 0.15) is 22.8 Å². The predicted molar refractivity (Wildman–Crippen MR) is 62.3 cm³/mol. The van der Waals surface area contributed by atoms with Crippen LogP contribution in [0.25, 0.3) is 0 Å². The Morgan fingerprint density at radius 3 is 2.38 bits per heavy atom. The molecular weight excluding hydrogens is 206 g/mol. The molecule has 0 spiro atoms. The van der Waals surface area contributed by atoms with Crippen molar-refractivity contribution >= 4 is 5.78 Å². The summed E-state index contributed by atoms with van der Waals surface area (Å²) < 4.78 is 10.4. The fourth-order valence-corrected chi connectivity index (χ4v) is 1.59. The SMILES string of the molecule is COc1ccc(C(=O)C(C)N)c(C)c1OC. The van der Waals surface area contributed by atoms with Gasteiger partial charge >= 0.3 is 0 Å². The van der Waals surface area contributed by atoms with Crippen LogP contribution in [-0.2, 0) is 0 Å². The van der Waals surface area contributed by atoms with Crippen molar-refractivity contribution in [3.05, 3.63) is 23.3 Å². The molecule has 0 bridgehead atoms. The Bertz CT molecular complexity index is 399. The van der Waals surface area contributed by atoms with Crippen LogP contribution in [0.3, 0.4) is 0 Å². The summed E-state index contributed by atoms with van der Waals surface area (Å²) in [4.78, 5) is 11.8. The summed E-state index contributed by atoms with van der Waals surface area (Å²) in [7, 11) is 3.11. The molecule has 0 aliphatic rings. The Hall–Kier alpha value is -1.55. The number of hydrogen-bond donors (Lipinski definition) is 1. The summed E-state index contributed by atoms with van der Waals surface area (Å²) in [6, 6.07) is 2.90. The minimum Gasteiger partial charge on any atom is -0.493 e. The molecule has 0 fully saturated rings. The number of carbonyl (C=O) groups excluding carboxylic acids is 1. The highest BCUT2D eigenvalue weighted by atomic mass is 16.5. The largest absolute Gasteiger partial charge is 0.493 e. The number of rotatable bonds is 4. The van der Waals surface area contributed by atoms with Gasteiger partial charge in [0, 0.05) is 11.1 Å². The van der Waals surface area contributed by atoms with Gasteiger partial charge < -0.3 is 15.2 Å². The minimum absolute atomic E-state index is 0.0987. The molecule has 0 aliphatic heterocycles. The topological polar surface area (TPSA) is 61.5 Å². The fourth-order valence-electron chi connectivity index (χ4n) is 1.59. The van der Waals surface area contributed by atoms with E-state index < -0.39 is 6.04 Å². The lowest BCUT2D eigenvalue weighted by Gasteiger charge is -2.14. The van der Waals surface area contributed by atoms with Gasteiger partial charge in [-0.25, -0.2) is 0 Å². The van der Waals surface area contributed by atoms with E-state index in [2.05, 4.69) is 0 Å². The maximum atomic E-state index is 11.8. The van der Waals surface area contributed by atoms with Crippen molar-refractivity contribution in [1.82, 2.24) is 0 Å². The lowest BCUT2D eigenvalue weighted by atomic mass is 9.99. The summed E-state index contributed by atoms with van der Waals surface area (Å²) in [5.41, 5.74) is 6.91. The van der Waals surface area contributed by atoms with E-state index in [1.807, 2.05) is 6.92 Å². The van der Waals surface area contributed by atoms with Gasteiger partial charge in [-0.1, -0.05) is 0 Å². The van der Waals surface area contributed by atoms with E-state index in [0.717, 1.165) is 5.56 Å². The second-order valence-electron chi connectivity index (χ2n) is 3.63. The van der Waals surface area contributed by atoms with E-state index in [-0.39, 0.29) is 5.78 Å². The maximum Gasteiger partial charge on any atom is 0.179 e. The molecule has 0 radical (unpaired) electrons. The third-order valence-electron chi connectivity index (χ3n) is 2.47. The van der Waals surface area contributed by atoms with E-state index in [1.165, 1.54) is 0 Å². The molecule has 1 unspecified atom stereocenters. The summed E-state index contributed by atoms with van der Waals surface area (Å²) >= 11 is 0. The van der Waals surface area contributed by atoms with Crippen LogP contribution in [0.4, 0.5) is 0 Å². The maximum absolute atomic E-state index is 11.8. The van der Waals surface area contributed by atoms with Gasteiger partial charge in [0.05, 0.1) is 20.3 Å². The van der Waals surface area contributed by atoms with Gasteiger partial charge in [-0.15, -0.1) is 0 Å². The highest BCUT2D eigenvalue weighted by molar-refractivity contribution is 6.01. The Labute approximate surface area is 95.3 Å². The Morgan fingerprint density at radius 2 is 1.94 bits per heavy atom. The average molecular weight is 223 g/mol. The zero-order valence-electron chi connectivity index (χ0n) is 10.0. The molecule has 0 aliphatic carbocycles. The first-order valence-corrected chi connectivity index (χ1v) is 5.04. The zero-order valence-corrected chi connectivity index (χ0v) is 10.0. The summed E-state index contributed by atoms with van der Waals surface area (Å²) in [6.45, 7) is 3.48. The number of carbonyl (C=O) groups is 1. The van der Waals surface area contributed by atoms with Crippen molar-refractivity contribution in [1.29, 1.82) is 0 Å². The average Bonchev–Trinajstić information content (AvgIpc) is 2.27. The first-order valence-electron chi connectivity index (χ1n) is 5.04. The van der Waals surface area contributed by atoms with Crippen LogP contribution in [-0.4, -0.2) is 26.0 Å². The second kappa shape index (κ2) is 4.99. The van der Waals surface area contributed by atoms with Gasteiger partial charge in [-0.2, -0.15) is 0 Å². The Morgan fingerprint density at radius 1 is 1.31 bits per heavy atom. The standard InChI is InChI=1S/C12H17NO3/c1-7-9(11(14)8(2)13)5-6-10(15-3)12(7)16-4/h5-6,8H,13H2,1-4H3. The summed E-state index contributed by atoms with van der Waals surface area (Å²) in [5, 5.41) is 0. The molecule has 4 nitrogen and oxygen atoms in total. The van der Waals surface area contributed by atoms with Crippen LogP contribution < -0.4 is 15.2 Å².